The molecule has 0 aromatic rings. The lowest BCUT2D eigenvalue weighted by Gasteiger charge is -2.34. The quantitative estimate of drug-likeness (QED) is 0.687. The molecule has 0 spiro atoms. The summed E-state index contributed by atoms with van der Waals surface area (Å²) in [7, 11) is 0. The first kappa shape index (κ1) is 11.0. The van der Waals surface area contributed by atoms with Crippen LogP contribution in [0.15, 0.2) is 0 Å². The van der Waals surface area contributed by atoms with Crippen LogP contribution in [0.25, 0.3) is 0 Å². The molecule has 1 atom stereocenters. The van der Waals surface area contributed by atoms with Crippen LogP contribution >= 0.6 is 0 Å². The Labute approximate surface area is 80.5 Å². The summed E-state index contributed by atoms with van der Waals surface area (Å²) in [5.74, 6) is 0. The standard InChI is InChI=1S/C10H21NO2/c1-3-13-9(2)8-10(12)4-6-11-7-5-10/h9,11-12H,3-8H2,1-2H3. The Kier molecular flexibility index (Phi) is 4.16. The summed E-state index contributed by atoms with van der Waals surface area (Å²) in [4.78, 5) is 0. The average Bonchev–Trinajstić information content (AvgIpc) is 2.04. The molecule has 0 amide bonds. The topological polar surface area (TPSA) is 41.5 Å². The maximum atomic E-state index is 10.1. The second kappa shape index (κ2) is 4.94. The first-order chi connectivity index (χ1) is 6.16. The summed E-state index contributed by atoms with van der Waals surface area (Å²) in [6, 6.07) is 0. The van der Waals surface area contributed by atoms with Gasteiger partial charge in [0.1, 0.15) is 0 Å². The molecule has 1 rings (SSSR count). The molecule has 1 aliphatic heterocycles. The fourth-order valence-electron chi connectivity index (χ4n) is 1.97. The lowest BCUT2D eigenvalue weighted by molar-refractivity contribution is -0.0470. The summed E-state index contributed by atoms with van der Waals surface area (Å²) in [6.07, 6.45) is 2.64. The fourth-order valence-corrected chi connectivity index (χ4v) is 1.97. The van der Waals surface area contributed by atoms with E-state index >= 15 is 0 Å². The molecule has 78 valence electrons. The molecule has 2 N–H and O–H groups in total. The molecule has 1 aliphatic rings. The Hall–Kier alpha value is -0.120. The van der Waals surface area contributed by atoms with Gasteiger partial charge in [-0.2, -0.15) is 0 Å². The number of rotatable bonds is 4. The van der Waals surface area contributed by atoms with Gasteiger partial charge >= 0.3 is 0 Å². The first-order valence-electron chi connectivity index (χ1n) is 5.21. The third-order valence-corrected chi connectivity index (χ3v) is 2.65. The van der Waals surface area contributed by atoms with E-state index in [1.54, 1.807) is 0 Å². The number of hydrogen-bond donors (Lipinski definition) is 2. The van der Waals surface area contributed by atoms with Gasteiger partial charge in [0.15, 0.2) is 0 Å². The fraction of sp³-hybridized carbons (Fsp3) is 1.00. The van der Waals surface area contributed by atoms with Crippen LogP contribution in [0.3, 0.4) is 0 Å². The Morgan fingerprint density at radius 1 is 1.46 bits per heavy atom. The van der Waals surface area contributed by atoms with E-state index in [-0.39, 0.29) is 6.10 Å². The van der Waals surface area contributed by atoms with Crippen LogP contribution in [0.2, 0.25) is 0 Å². The summed E-state index contributed by atoms with van der Waals surface area (Å²) in [5, 5.41) is 13.4. The smallest absolute Gasteiger partial charge is 0.0696 e. The molecule has 1 saturated heterocycles. The Morgan fingerprint density at radius 3 is 2.62 bits per heavy atom. The van der Waals surface area contributed by atoms with Gasteiger partial charge < -0.3 is 15.2 Å². The van der Waals surface area contributed by atoms with Gasteiger partial charge in [-0.3, -0.25) is 0 Å². The van der Waals surface area contributed by atoms with Crippen molar-refractivity contribution in [1.29, 1.82) is 0 Å². The molecule has 1 heterocycles. The van der Waals surface area contributed by atoms with Crippen molar-refractivity contribution in [1.82, 2.24) is 5.32 Å². The van der Waals surface area contributed by atoms with E-state index < -0.39 is 5.60 Å². The molecule has 0 aromatic heterocycles. The van der Waals surface area contributed by atoms with Crippen LogP contribution in [-0.4, -0.2) is 36.5 Å². The minimum absolute atomic E-state index is 0.174. The summed E-state index contributed by atoms with van der Waals surface area (Å²) in [6.45, 7) is 6.60. The number of ether oxygens (including phenoxy) is 1. The first-order valence-corrected chi connectivity index (χ1v) is 5.21. The van der Waals surface area contributed by atoms with Gasteiger partial charge in [0.05, 0.1) is 11.7 Å². The van der Waals surface area contributed by atoms with E-state index in [0.29, 0.717) is 0 Å². The van der Waals surface area contributed by atoms with Crippen LogP contribution in [-0.2, 0) is 4.74 Å². The van der Waals surface area contributed by atoms with Gasteiger partial charge in [-0.05, 0) is 39.8 Å². The molecule has 0 saturated carbocycles. The van der Waals surface area contributed by atoms with Crippen molar-refractivity contribution < 1.29 is 9.84 Å². The zero-order valence-corrected chi connectivity index (χ0v) is 8.68. The van der Waals surface area contributed by atoms with Crippen molar-refractivity contribution in [2.75, 3.05) is 19.7 Å². The molecule has 1 unspecified atom stereocenters. The molecule has 1 fully saturated rings. The Balaban J connectivity index is 2.31. The van der Waals surface area contributed by atoms with Gasteiger partial charge in [-0.15, -0.1) is 0 Å². The van der Waals surface area contributed by atoms with Crippen molar-refractivity contribution in [3.63, 3.8) is 0 Å². The molecule has 0 bridgehead atoms. The van der Waals surface area contributed by atoms with Crippen molar-refractivity contribution >= 4 is 0 Å². The summed E-state index contributed by atoms with van der Waals surface area (Å²) < 4.78 is 5.43. The normalized spacial score (nSPS) is 24.2. The molecular weight excluding hydrogens is 166 g/mol. The molecule has 0 radical (unpaired) electrons. The van der Waals surface area contributed by atoms with E-state index in [4.69, 9.17) is 4.74 Å². The highest BCUT2D eigenvalue weighted by Gasteiger charge is 2.30. The summed E-state index contributed by atoms with van der Waals surface area (Å²) >= 11 is 0. The van der Waals surface area contributed by atoms with Crippen LogP contribution < -0.4 is 5.32 Å². The second-order valence-corrected chi connectivity index (χ2v) is 3.94. The minimum atomic E-state index is -0.486. The van der Waals surface area contributed by atoms with Gasteiger partial charge in [0.2, 0.25) is 0 Å². The van der Waals surface area contributed by atoms with Gasteiger partial charge in [-0.1, -0.05) is 0 Å². The monoisotopic (exact) mass is 187 g/mol. The van der Waals surface area contributed by atoms with E-state index in [9.17, 15) is 5.11 Å². The van der Waals surface area contributed by atoms with E-state index in [1.165, 1.54) is 0 Å². The average molecular weight is 187 g/mol. The molecule has 13 heavy (non-hydrogen) atoms. The molecule has 3 nitrogen and oxygen atoms in total. The van der Waals surface area contributed by atoms with Crippen LogP contribution in [0.5, 0.6) is 0 Å². The van der Waals surface area contributed by atoms with E-state index in [0.717, 1.165) is 39.0 Å². The largest absolute Gasteiger partial charge is 0.390 e. The highest BCUT2D eigenvalue weighted by atomic mass is 16.5. The minimum Gasteiger partial charge on any atom is -0.390 e. The number of nitrogens with one attached hydrogen (secondary N) is 1. The zero-order valence-electron chi connectivity index (χ0n) is 8.68. The Bertz CT molecular complexity index is 144. The zero-order chi connectivity index (χ0) is 9.73. The molecule has 0 aliphatic carbocycles. The maximum absolute atomic E-state index is 10.1. The van der Waals surface area contributed by atoms with E-state index in [2.05, 4.69) is 5.32 Å². The second-order valence-electron chi connectivity index (χ2n) is 3.94. The third kappa shape index (κ3) is 3.63. The SMILES string of the molecule is CCOC(C)CC1(O)CCNCC1. The Morgan fingerprint density at radius 2 is 2.08 bits per heavy atom. The molecular formula is C10H21NO2. The van der Waals surface area contributed by atoms with Gasteiger partial charge in [-0.25, -0.2) is 0 Å². The van der Waals surface area contributed by atoms with Crippen molar-refractivity contribution in [3.05, 3.63) is 0 Å². The van der Waals surface area contributed by atoms with Gasteiger partial charge in [0.25, 0.3) is 0 Å². The predicted molar refractivity (Wildman–Crippen MR) is 52.8 cm³/mol. The lowest BCUT2D eigenvalue weighted by atomic mass is 9.87. The molecule has 3 heteroatoms. The maximum Gasteiger partial charge on any atom is 0.0696 e. The van der Waals surface area contributed by atoms with Crippen LogP contribution in [0, 0.1) is 0 Å². The van der Waals surface area contributed by atoms with Crippen molar-refractivity contribution in [3.8, 4) is 0 Å². The number of aliphatic hydroxyl groups is 1. The highest BCUT2D eigenvalue weighted by Crippen LogP contribution is 2.24. The number of piperidine rings is 1. The van der Waals surface area contributed by atoms with Crippen LogP contribution in [0.1, 0.15) is 33.1 Å². The van der Waals surface area contributed by atoms with Gasteiger partial charge in [0, 0.05) is 13.0 Å². The van der Waals surface area contributed by atoms with Crippen molar-refractivity contribution in [2.24, 2.45) is 0 Å². The third-order valence-electron chi connectivity index (χ3n) is 2.65. The predicted octanol–water partition coefficient (Wildman–Crippen LogP) is 0.916. The molecule has 0 aromatic carbocycles. The van der Waals surface area contributed by atoms with Crippen molar-refractivity contribution in [2.45, 2.75) is 44.8 Å². The number of hydrogen-bond acceptors (Lipinski definition) is 3. The lowest BCUT2D eigenvalue weighted by Crippen LogP contribution is -2.43. The highest BCUT2D eigenvalue weighted by molar-refractivity contribution is 4.85. The van der Waals surface area contributed by atoms with Crippen LogP contribution in [0.4, 0.5) is 0 Å². The van der Waals surface area contributed by atoms with E-state index in [1.807, 2.05) is 13.8 Å². The summed E-state index contributed by atoms with van der Waals surface area (Å²) in [5.41, 5.74) is -0.486.